The van der Waals surface area contributed by atoms with Crippen LogP contribution in [0.1, 0.15) is 13.3 Å². The number of ether oxygens (including phenoxy) is 1. The zero-order chi connectivity index (χ0) is 16.7. The predicted molar refractivity (Wildman–Crippen MR) is 84.4 cm³/mol. The van der Waals surface area contributed by atoms with Gasteiger partial charge in [-0.1, -0.05) is 34.8 Å². The maximum atomic E-state index is 11.7. The van der Waals surface area contributed by atoms with E-state index in [4.69, 9.17) is 39.5 Å². The zero-order valence-electron chi connectivity index (χ0n) is 11.5. The van der Waals surface area contributed by atoms with E-state index in [0.29, 0.717) is 5.02 Å². The number of rotatable bonds is 6. The second kappa shape index (κ2) is 8.82. The molecule has 0 fully saturated rings. The lowest BCUT2D eigenvalue weighted by Crippen LogP contribution is -2.26. The van der Waals surface area contributed by atoms with E-state index in [0.717, 1.165) is 0 Å². The minimum absolute atomic E-state index is 0.0324. The second-order valence-electron chi connectivity index (χ2n) is 4.19. The van der Waals surface area contributed by atoms with Gasteiger partial charge in [0, 0.05) is 18.5 Å². The van der Waals surface area contributed by atoms with Crippen LogP contribution < -0.4 is 10.6 Å². The van der Waals surface area contributed by atoms with Gasteiger partial charge in [-0.05, 0) is 12.1 Å². The summed E-state index contributed by atoms with van der Waals surface area (Å²) < 4.78 is 4.75. The van der Waals surface area contributed by atoms with Gasteiger partial charge in [0.25, 0.3) is 5.91 Å². The summed E-state index contributed by atoms with van der Waals surface area (Å²) in [7, 11) is 0. The first-order valence-corrected chi connectivity index (χ1v) is 7.27. The molecule has 1 aromatic carbocycles. The van der Waals surface area contributed by atoms with Gasteiger partial charge in [-0.2, -0.15) is 0 Å². The summed E-state index contributed by atoms with van der Waals surface area (Å²) in [6.45, 7) is 0.983. The van der Waals surface area contributed by atoms with Crippen molar-refractivity contribution in [2.24, 2.45) is 0 Å². The Labute approximate surface area is 142 Å². The number of carbonyl (C=O) groups excluding carboxylic acids is 3. The van der Waals surface area contributed by atoms with E-state index >= 15 is 0 Å². The molecule has 6 nitrogen and oxygen atoms in total. The number of halogens is 3. The van der Waals surface area contributed by atoms with Gasteiger partial charge in [0.2, 0.25) is 5.91 Å². The molecule has 0 aliphatic carbocycles. The summed E-state index contributed by atoms with van der Waals surface area (Å²) in [6.07, 6.45) is -0.0324. The molecule has 0 aliphatic heterocycles. The maximum Gasteiger partial charge on any atom is 0.308 e. The third-order valence-electron chi connectivity index (χ3n) is 2.34. The number of nitrogens with one attached hydrogen (secondary N) is 2. The highest BCUT2D eigenvalue weighted by molar-refractivity contribution is 6.42. The van der Waals surface area contributed by atoms with E-state index in [1.165, 1.54) is 19.1 Å². The summed E-state index contributed by atoms with van der Waals surface area (Å²) in [5.41, 5.74) is 0.187. The number of anilines is 1. The van der Waals surface area contributed by atoms with Crippen LogP contribution in [0.4, 0.5) is 5.69 Å². The first-order valence-electron chi connectivity index (χ1n) is 6.14. The van der Waals surface area contributed by atoms with Crippen molar-refractivity contribution in [3.05, 3.63) is 27.2 Å². The van der Waals surface area contributed by atoms with Gasteiger partial charge in [0.05, 0.1) is 22.2 Å². The molecule has 0 saturated heterocycles. The molecule has 120 valence electrons. The Hall–Kier alpha value is -1.50. The molecule has 0 radical (unpaired) electrons. The Balaban J connectivity index is 2.44. The van der Waals surface area contributed by atoms with Crippen LogP contribution >= 0.6 is 34.8 Å². The smallest absolute Gasteiger partial charge is 0.308 e. The standard InChI is InChI=1S/C13H13Cl3N2O4/c1-7(19)17-3-2-12(21)22-6-11(20)18-13-9(15)4-8(14)5-10(13)16/h4-5H,2-3,6H2,1H3,(H,17,19)(H,18,20). The molecule has 0 aliphatic rings. The van der Waals surface area contributed by atoms with Crippen molar-refractivity contribution in [2.45, 2.75) is 13.3 Å². The Morgan fingerprint density at radius 1 is 1.14 bits per heavy atom. The highest BCUT2D eigenvalue weighted by atomic mass is 35.5. The molecule has 9 heteroatoms. The molecule has 0 atom stereocenters. The molecule has 0 aromatic heterocycles. The maximum absolute atomic E-state index is 11.7. The van der Waals surface area contributed by atoms with Gasteiger partial charge in [0.15, 0.2) is 6.61 Å². The average Bonchev–Trinajstić information content (AvgIpc) is 2.40. The second-order valence-corrected chi connectivity index (χ2v) is 5.44. The fraction of sp³-hybridized carbons (Fsp3) is 0.308. The van der Waals surface area contributed by atoms with Crippen molar-refractivity contribution in [1.29, 1.82) is 0 Å². The summed E-state index contributed by atoms with van der Waals surface area (Å²) in [6, 6.07) is 2.84. The van der Waals surface area contributed by atoms with Crippen LogP contribution in [-0.2, 0) is 19.1 Å². The molecule has 0 heterocycles. The lowest BCUT2D eigenvalue weighted by molar-refractivity contribution is -0.147. The largest absolute Gasteiger partial charge is 0.456 e. The molecule has 22 heavy (non-hydrogen) atoms. The number of esters is 1. The summed E-state index contributed by atoms with van der Waals surface area (Å²) in [5.74, 6) is -1.46. The van der Waals surface area contributed by atoms with Crippen LogP contribution in [0, 0.1) is 0 Å². The molecular formula is C13H13Cl3N2O4. The van der Waals surface area contributed by atoms with Crippen molar-refractivity contribution in [1.82, 2.24) is 5.32 Å². The fourth-order valence-corrected chi connectivity index (χ4v) is 2.31. The van der Waals surface area contributed by atoms with Gasteiger partial charge >= 0.3 is 5.97 Å². The number of amides is 2. The molecule has 2 amide bonds. The monoisotopic (exact) mass is 366 g/mol. The van der Waals surface area contributed by atoms with Gasteiger partial charge in [0.1, 0.15) is 0 Å². The topological polar surface area (TPSA) is 84.5 Å². The number of carbonyl (C=O) groups is 3. The molecule has 2 N–H and O–H groups in total. The van der Waals surface area contributed by atoms with Gasteiger partial charge < -0.3 is 15.4 Å². The molecule has 1 rings (SSSR count). The van der Waals surface area contributed by atoms with Crippen molar-refractivity contribution >= 4 is 58.3 Å². The quantitative estimate of drug-likeness (QED) is 0.757. The highest BCUT2D eigenvalue weighted by Crippen LogP contribution is 2.33. The van der Waals surface area contributed by atoms with Crippen molar-refractivity contribution in [3.63, 3.8) is 0 Å². The molecule has 0 bridgehead atoms. The minimum atomic E-state index is -0.614. The lowest BCUT2D eigenvalue weighted by Gasteiger charge is -2.10. The molecule has 0 spiro atoms. The first kappa shape index (κ1) is 18.5. The van der Waals surface area contributed by atoms with Crippen LogP contribution in [0.5, 0.6) is 0 Å². The summed E-state index contributed by atoms with van der Waals surface area (Å²) >= 11 is 17.6. The normalized spacial score (nSPS) is 10.0. The van der Waals surface area contributed by atoms with Crippen molar-refractivity contribution in [2.75, 3.05) is 18.5 Å². The van der Waals surface area contributed by atoms with Crippen LogP contribution in [-0.4, -0.2) is 30.9 Å². The van der Waals surface area contributed by atoms with Gasteiger partial charge in [-0.25, -0.2) is 0 Å². The summed E-state index contributed by atoms with van der Waals surface area (Å²) in [4.78, 5) is 33.6. The Morgan fingerprint density at radius 2 is 1.73 bits per heavy atom. The zero-order valence-corrected chi connectivity index (χ0v) is 13.8. The molecule has 0 unspecified atom stereocenters. The van der Waals surface area contributed by atoms with Crippen molar-refractivity contribution < 1.29 is 19.1 Å². The van der Waals surface area contributed by atoms with Crippen LogP contribution in [0.15, 0.2) is 12.1 Å². The SMILES string of the molecule is CC(=O)NCCC(=O)OCC(=O)Nc1c(Cl)cc(Cl)cc1Cl. The van der Waals surface area contributed by atoms with E-state index in [-0.39, 0.29) is 34.6 Å². The van der Waals surface area contributed by atoms with E-state index in [1.807, 2.05) is 0 Å². The Morgan fingerprint density at radius 3 is 2.27 bits per heavy atom. The highest BCUT2D eigenvalue weighted by Gasteiger charge is 2.13. The molecule has 1 aromatic rings. The van der Waals surface area contributed by atoms with Crippen LogP contribution in [0.25, 0.3) is 0 Å². The number of hydrogen-bond donors (Lipinski definition) is 2. The fourth-order valence-electron chi connectivity index (χ4n) is 1.40. The average molecular weight is 368 g/mol. The third-order valence-corrected chi connectivity index (χ3v) is 3.15. The van der Waals surface area contributed by atoms with E-state index < -0.39 is 18.5 Å². The molecule has 0 saturated carbocycles. The predicted octanol–water partition coefficient (Wildman–Crippen LogP) is 2.65. The van der Waals surface area contributed by atoms with Crippen LogP contribution in [0.3, 0.4) is 0 Å². The van der Waals surface area contributed by atoms with E-state index in [9.17, 15) is 14.4 Å². The third kappa shape index (κ3) is 6.51. The molecular weight excluding hydrogens is 355 g/mol. The summed E-state index contributed by atoms with van der Waals surface area (Å²) in [5, 5.41) is 5.53. The van der Waals surface area contributed by atoms with Crippen molar-refractivity contribution in [3.8, 4) is 0 Å². The van der Waals surface area contributed by atoms with E-state index in [2.05, 4.69) is 10.6 Å². The first-order chi connectivity index (χ1) is 10.3. The Bertz CT molecular complexity index is 570. The minimum Gasteiger partial charge on any atom is -0.456 e. The van der Waals surface area contributed by atoms with E-state index in [1.54, 1.807) is 0 Å². The van der Waals surface area contributed by atoms with Gasteiger partial charge in [-0.3, -0.25) is 14.4 Å². The van der Waals surface area contributed by atoms with Gasteiger partial charge in [-0.15, -0.1) is 0 Å². The van der Waals surface area contributed by atoms with Crippen LogP contribution in [0.2, 0.25) is 15.1 Å². The number of hydrogen-bond acceptors (Lipinski definition) is 4. The Kier molecular flexibility index (Phi) is 7.44. The number of benzene rings is 1. The lowest BCUT2D eigenvalue weighted by atomic mass is 10.3.